The summed E-state index contributed by atoms with van der Waals surface area (Å²) in [5, 5.41) is 8.59. The molecule has 47 heavy (non-hydrogen) atoms. The standard InChI is InChI=1S/C19H19N3O3S.C9H16N2O3.C3H8.2C2H6/c1-19(2,3)25-18(24)21-13-6-4-12(5-7-13)17-22-15-9-8-14(20-11-23)10-16(15)26-17;1-7-4-3-5-11(7)8(12)6-10-9(13)14-2;1-3-2;2*1-2/h4-11H,1-3H3,(H,20,23)(H,21,24);7H,3-6H2,1-2H3,(H,10,13);3H2,1-2H3;2*1-2H3/t;7-;;;/m.0.../s1. The topological polar surface area (TPSA) is 139 Å². The number of benzene rings is 2. The van der Waals surface area contributed by atoms with Crippen LogP contribution in [0.15, 0.2) is 42.5 Å². The molecule has 4 rings (SSSR count). The van der Waals surface area contributed by atoms with Crippen molar-refractivity contribution in [2.75, 3.05) is 30.8 Å². The number of carbonyl (C=O) groups is 4. The summed E-state index contributed by atoms with van der Waals surface area (Å²) >= 11 is 1.54. The van der Waals surface area contributed by atoms with Gasteiger partial charge in [-0.3, -0.25) is 14.9 Å². The van der Waals surface area contributed by atoms with E-state index in [1.54, 1.807) is 4.90 Å². The summed E-state index contributed by atoms with van der Waals surface area (Å²) in [5.74, 6) is -0.0413. The number of ether oxygens (including phenoxy) is 2. The fourth-order valence-electron chi connectivity index (χ4n) is 3.95. The Labute approximate surface area is 284 Å². The Morgan fingerprint density at radius 2 is 1.60 bits per heavy atom. The molecule has 1 fully saturated rings. The number of amides is 4. The first kappa shape index (κ1) is 42.8. The zero-order valence-corrected chi connectivity index (χ0v) is 30.8. The second kappa shape index (κ2) is 23.2. The van der Waals surface area contributed by atoms with Crippen molar-refractivity contribution in [3.63, 3.8) is 0 Å². The Morgan fingerprint density at radius 1 is 1.00 bits per heavy atom. The van der Waals surface area contributed by atoms with Crippen molar-refractivity contribution in [2.45, 2.75) is 100 Å². The first-order valence-corrected chi connectivity index (χ1v) is 17.0. The Balaban J connectivity index is 0.000000850. The highest BCUT2D eigenvalue weighted by Crippen LogP contribution is 2.32. The van der Waals surface area contributed by atoms with E-state index in [1.165, 1.54) is 24.9 Å². The predicted octanol–water partition coefficient (Wildman–Crippen LogP) is 8.70. The summed E-state index contributed by atoms with van der Waals surface area (Å²) < 4.78 is 10.6. The average molecular weight is 674 g/mol. The van der Waals surface area contributed by atoms with Crippen LogP contribution in [0.5, 0.6) is 0 Å². The van der Waals surface area contributed by atoms with Crippen molar-refractivity contribution in [2.24, 2.45) is 0 Å². The summed E-state index contributed by atoms with van der Waals surface area (Å²) in [6.07, 6.45) is 2.94. The lowest BCUT2D eigenvalue weighted by Crippen LogP contribution is -2.41. The molecule has 2 heterocycles. The van der Waals surface area contributed by atoms with Crippen molar-refractivity contribution < 1.29 is 28.7 Å². The molecule has 11 nitrogen and oxygen atoms in total. The number of likely N-dealkylation sites (tertiary alicyclic amines) is 1. The zero-order valence-electron chi connectivity index (χ0n) is 30.0. The van der Waals surface area contributed by atoms with E-state index in [4.69, 9.17) is 4.74 Å². The highest BCUT2D eigenvalue weighted by molar-refractivity contribution is 7.21. The summed E-state index contributed by atoms with van der Waals surface area (Å²) in [6, 6.07) is 13.3. The van der Waals surface area contributed by atoms with Gasteiger partial charge in [-0.05, 0) is 83.0 Å². The van der Waals surface area contributed by atoms with E-state index in [-0.39, 0.29) is 12.5 Å². The lowest BCUT2D eigenvalue weighted by atomic mass is 10.2. The maximum absolute atomic E-state index is 11.8. The minimum atomic E-state index is -0.565. The van der Waals surface area contributed by atoms with Crippen LogP contribution in [0.25, 0.3) is 20.8 Å². The smallest absolute Gasteiger partial charge is 0.412 e. The third-order valence-corrected chi connectivity index (χ3v) is 6.90. The van der Waals surface area contributed by atoms with E-state index >= 15 is 0 Å². The molecule has 0 saturated carbocycles. The number of thiazole rings is 1. The SMILES string of the molecule is CC.CC.CC(C)(C)OC(=O)Nc1ccc(-c2nc3ccc(NC=O)cc3s2)cc1.CCC.COC(=O)NCC(=O)N1CCC[C@@H]1C. The van der Waals surface area contributed by atoms with Gasteiger partial charge >= 0.3 is 12.2 Å². The highest BCUT2D eigenvalue weighted by Gasteiger charge is 2.25. The lowest BCUT2D eigenvalue weighted by molar-refractivity contribution is -0.130. The number of fused-ring (bicyclic) bond motifs is 1. The molecule has 1 saturated heterocycles. The molecule has 262 valence electrons. The second-order valence-corrected chi connectivity index (χ2v) is 11.8. The lowest BCUT2D eigenvalue weighted by Gasteiger charge is -2.21. The van der Waals surface area contributed by atoms with Crippen molar-refractivity contribution in [3.05, 3.63) is 42.5 Å². The molecule has 1 aliphatic rings. The van der Waals surface area contributed by atoms with Crippen LogP contribution < -0.4 is 16.0 Å². The molecular formula is C35H55N5O6S. The molecule has 4 amide bonds. The van der Waals surface area contributed by atoms with Gasteiger partial charge in [-0.1, -0.05) is 48.0 Å². The number of hydrogen-bond acceptors (Lipinski definition) is 8. The molecule has 0 unspecified atom stereocenters. The van der Waals surface area contributed by atoms with Gasteiger partial charge in [-0.15, -0.1) is 11.3 Å². The summed E-state index contributed by atoms with van der Waals surface area (Å²) in [4.78, 5) is 51.0. The van der Waals surface area contributed by atoms with Gasteiger partial charge in [0, 0.05) is 29.5 Å². The number of methoxy groups -OCH3 is 1. The molecule has 1 aliphatic heterocycles. The maximum Gasteiger partial charge on any atom is 0.412 e. The molecule has 0 aliphatic carbocycles. The highest BCUT2D eigenvalue weighted by atomic mass is 32.1. The number of alkyl carbamates (subject to hydrolysis) is 1. The first-order valence-electron chi connectivity index (χ1n) is 16.2. The third-order valence-electron chi connectivity index (χ3n) is 5.83. The number of rotatable bonds is 6. The molecule has 3 N–H and O–H groups in total. The minimum Gasteiger partial charge on any atom is -0.453 e. The van der Waals surface area contributed by atoms with Crippen LogP contribution in [0, 0.1) is 0 Å². The molecule has 0 bridgehead atoms. The van der Waals surface area contributed by atoms with Crippen molar-refractivity contribution in [1.29, 1.82) is 0 Å². The monoisotopic (exact) mass is 673 g/mol. The molecule has 0 radical (unpaired) electrons. The van der Waals surface area contributed by atoms with E-state index in [0.717, 1.165) is 45.9 Å². The van der Waals surface area contributed by atoms with Gasteiger partial charge in [0.15, 0.2) is 0 Å². The number of nitrogens with one attached hydrogen (secondary N) is 3. The van der Waals surface area contributed by atoms with E-state index < -0.39 is 17.8 Å². The van der Waals surface area contributed by atoms with Crippen LogP contribution in [-0.4, -0.2) is 66.2 Å². The Hall–Kier alpha value is -4.19. The minimum absolute atomic E-state index is 0.0248. The van der Waals surface area contributed by atoms with Crippen LogP contribution >= 0.6 is 11.3 Å². The molecular weight excluding hydrogens is 618 g/mol. The molecule has 12 heteroatoms. The number of nitrogens with zero attached hydrogens (tertiary/aromatic N) is 2. The van der Waals surface area contributed by atoms with Crippen molar-refractivity contribution in [3.8, 4) is 10.6 Å². The van der Waals surface area contributed by atoms with Crippen LogP contribution in [0.4, 0.5) is 21.0 Å². The van der Waals surface area contributed by atoms with E-state index in [2.05, 4.69) is 39.5 Å². The Morgan fingerprint density at radius 3 is 2.11 bits per heavy atom. The first-order chi connectivity index (χ1) is 22.4. The summed E-state index contributed by atoms with van der Waals surface area (Å²) in [5.41, 5.74) is 2.67. The van der Waals surface area contributed by atoms with Crippen molar-refractivity contribution >= 4 is 57.4 Å². The van der Waals surface area contributed by atoms with Gasteiger partial charge in [-0.2, -0.15) is 0 Å². The molecule has 3 aromatic rings. The fourth-order valence-corrected chi connectivity index (χ4v) is 4.96. The number of anilines is 2. The molecule has 0 spiro atoms. The van der Waals surface area contributed by atoms with Gasteiger partial charge in [-0.25, -0.2) is 14.6 Å². The van der Waals surface area contributed by atoms with Gasteiger partial charge in [0.1, 0.15) is 17.2 Å². The maximum atomic E-state index is 11.8. The van der Waals surface area contributed by atoms with E-state index in [9.17, 15) is 19.2 Å². The van der Waals surface area contributed by atoms with E-state index in [0.29, 0.717) is 18.1 Å². The second-order valence-electron chi connectivity index (χ2n) is 10.8. The zero-order chi connectivity index (χ0) is 36.0. The number of aromatic nitrogens is 1. The van der Waals surface area contributed by atoms with Gasteiger partial charge in [0.2, 0.25) is 12.3 Å². The normalized spacial score (nSPS) is 13.0. The third kappa shape index (κ3) is 16.3. The van der Waals surface area contributed by atoms with Gasteiger partial charge in [0.05, 0.1) is 17.3 Å². The summed E-state index contributed by atoms with van der Waals surface area (Å²) in [6.45, 7) is 20.5. The Kier molecular flexibility index (Phi) is 21.1. The van der Waals surface area contributed by atoms with Gasteiger partial charge < -0.3 is 25.0 Å². The largest absolute Gasteiger partial charge is 0.453 e. The van der Waals surface area contributed by atoms with Crippen LogP contribution in [-0.2, 0) is 19.1 Å². The molecule has 1 aromatic heterocycles. The van der Waals surface area contributed by atoms with Crippen LogP contribution in [0.3, 0.4) is 0 Å². The Bertz CT molecular complexity index is 1350. The molecule has 1 atom stereocenters. The number of hydrogen-bond donors (Lipinski definition) is 3. The van der Waals surface area contributed by atoms with Crippen molar-refractivity contribution in [1.82, 2.24) is 15.2 Å². The summed E-state index contributed by atoms with van der Waals surface area (Å²) in [7, 11) is 1.28. The van der Waals surface area contributed by atoms with E-state index in [1.807, 2.05) is 97.9 Å². The predicted molar refractivity (Wildman–Crippen MR) is 194 cm³/mol. The molecule has 2 aromatic carbocycles. The average Bonchev–Trinajstić information content (AvgIpc) is 3.68. The number of carbonyl (C=O) groups excluding carboxylic acids is 4. The van der Waals surface area contributed by atoms with Crippen LogP contribution in [0.2, 0.25) is 0 Å². The van der Waals surface area contributed by atoms with Gasteiger partial charge in [0.25, 0.3) is 0 Å². The van der Waals surface area contributed by atoms with Crippen LogP contribution in [0.1, 0.15) is 88.5 Å². The fraction of sp³-hybridized carbons (Fsp3) is 0.514. The quantitative estimate of drug-likeness (QED) is 0.223.